The summed E-state index contributed by atoms with van der Waals surface area (Å²) in [5, 5.41) is 10.5. The minimum Gasteiger partial charge on any atom is -0.496 e. The molecule has 0 spiro atoms. The number of anilines is 1. The summed E-state index contributed by atoms with van der Waals surface area (Å²) in [4.78, 5) is 32.6. The lowest BCUT2D eigenvalue weighted by atomic mass is 10.1. The number of aliphatic hydroxyl groups is 1. The number of carbonyl (C=O) groups is 1. The summed E-state index contributed by atoms with van der Waals surface area (Å²) in [7, 11) is 1.57. The van der Waals surface area contributed by atoms with E-state index in [1.165, 1.54) is 0 Å². The highest BCUT2D eigenvalue weighted by Crippen LogP contribution is 2.31. The molecule has 0 radical (unpaired) electrons. The number of aldehydes is 1. The number of hydrogen-bond acceptors (Lipinski definition) is 9. The topological polar surface area (TPSA) is 115 Å². The van der Waals surface area contributed by atoms with Crippen molar-refractivity contribution in [2.24, 2.45) is 0 Å². The van der Waals surface area contributed by atoms with E-state index in [4.69, 9.17) is 24.4 Å². The van der Waals surface area contributed by atoms with Gasteiger partial charge < -0.3 is 19.5 Å². The molecular weight excluding hydrogens is 448 g/mol. The van der Waals surface area contributed by atoms with Crippen molar-refractivity contribution in [3.8, 4) is 23.0 Å². The Morgan fingerprint density at radius 2 is 2.09 bits per heavy atom. The predicted octanol–water partition coefficient (Wildman–Crippen LogP) is 2.72. The molecule has 0 aliphatic carbocycles. The van der Waals surface area contributed by atoms with E-state index in [-0.39, 0.29) is 12.6 Å². The number of nitrogens with zero attached hydrogens (tertiary/aromatic N) is 6. The minimum absolute atomic E-state index is 0.109. The highest BCUT2D eigenvalue weighted by molar-refractivity contribution is 5.89. The van der Waals surface area contributed by atoms with Crippen molar-refractivity contribution in [3.63, 3.8) is 0 Å². The third-order valence-electron chi connectivity index (χ3n) is 6.24. The van der Waals surface area contributed by atoms with Crippen molar-refractivity contribution in [3.05, 3.63) is 53.6 Å². The van der Waals surface area contributed by atoms with Crippen molar-refractivity contribution < 1.29 is 19.4 Å². The third kappa shape index (κ3) is 4.11. The van der Waals surface area contributed by atoms with E-state index in [9.17, 15) is 9.90 Å². The Bertz CT molecular complexity index is 1400. The van der Waals surface area contributed by atoms with Gasteiger partial charge in [-0.1, -0.05) is 0 Å². The average Bonchev–Trinajstić information content (AvgIpc) is 3.27. The number of aliphatic hydroxyl groups excluding tert-OH is 1. The van der Waals surface area contributed by atoms with E-state index >= 15 is 0 Å². The molecule has 0 unspecified atom stereocenters. The Balaban J connectivity index is 1.71. The lowest BCUT2D eigenvalue weighted by molar-refractivity contribution is 0.0987. The first-order valence-electron chi connectivity index (χ1n) is 11.3. The standard InChI is InChI=1S/C25H26N6O4/c1-15-13-35-9-8-30(15)24-19-5-6-20(17-4-7-22(34-3)18(10-17)11-32)27-23(19)28-25(29-24)31-14-26-16(2)21(31)12-33/h4-7,10,12,14-15,32H,8-9,11,13H2,1-3H3/t15-/m0/s1. The van der Waals surface area contributed by atoms with Gasteiger partial charge in [0.05, 0.1) is 49.7 Å². The first kappa shape index (κ1) is 22.9. The van der Waals surface area contributed by atoms with Crippen LogP contribution in [0, 0.1) is 6.92 Å². The summed E-state index contributed by atoms with van der Waals surface area (Å²) in [6, 6.07) is 9.54. The predicted molar refractivity (Wildman–Crippen MR) is 130 cm³/mol. The second-order valence-corrected chi connectivity index (χ2v) is 8.42. The second-order valence-electron chi connectivity index (χ2n) is 8.42. The van der Waals surface area contributed by atoms with Crippen LogP contribution in [0.4, 0.5) is 5.82 Å². The smallest absolute Gasteiger partial charge is 0.239 e. The van der Waals surface area contributed by atoms with Gasteiger partial charge in [-0.15, -0.1) is 0 Å². The number of rotatable bonds is 6. The van der Waals surface area contributed by atoms with E-state index in [1.807, 2.05) is 30.3 Å². The van der Waals surface area contributed by atoms with Gasteiger partial charge in [-0.3, -0.25) is 9.36 Å². The van der Waals surface area contributed by atoms with Crippen molar-refractivity contribution in [2.75, 3.05) is 31.8 Å². The van der Waals surface area contributed by atoms with E-state index in [1.54, 1.807) is 24.9 Å². The Morgan fingerprint density at radius 3 is 2.83 bits per heavy atom. The summed E-state index contributed by atoms with van der Waals surface area (Å²) < 4.78 is 12.5. The van der Waals surface area contributed by atoms with Crippen LogP contribution in [-0.2, 0) is 11.3 Å². The molecular formula is C25H26N6O4. The van der Waals surface area contributed by atoms with Crippen LogP contribution in [0.15, 0.2) is 36.7 Å². The Morgan fingerprint density at radius 1 is 1.23 bits per heavy atom. The first-order chi connectivity index (χ1) is 17.0. The highest BCUT2D eigenvalue weighted by Gasteiger charge is 2.25. The summed E-state index contributed by atoms with van der Waals surface area (Å²) in [5.74, 6) is 1.67. The van der Waals surface area contributed by atoms with E-state index < -0.39 is 0 Å². The first-order valence-corrected chi connectivity index (χ1v) is 11.3. The summed E-state index contributed by atoms with van der Waals surface area (Å²) in [6.45, 7) is 5.56. The van der Waals surface area contributed by atoms with E-state index in [0.29, 0.717) is 59.7 Å². The van der Waals surface area contributed by atoms with Crippen LogP contribution in [0.5, 0.6) is 5.75 Å². The Labute approximate surface area is 202 Å². The number of fused-ring (bicyclic) bond motifs is 1. The van der Waals surface area contributed by atoms with Gasteiger partial charge >= 0.3 is 0 Å². The number of benzene rings is 1. The molecule has 1 aromatic carbocycles. The van der Waals surface area contributed by atoms with Gasteiger partial charge in [0.25, 0.3) is 0 Å². The molecule has 4 aromatic rings. The average molecular weight is 475 g/mol. The number of carbonyl (C=O) groups excluding carboxylic acids is 1. The summed E-state index contributed by atoms with van der Waals surface area (Å²) >= 11 is 0. The fourth-order valence-electron chi connectivity index (χ4n) is 4.32. The number of ether oxygens (including phenoxy) is 2. The molecule has 180 valence electrons. The molecule has 5 rings (SSSR count). The van der Waals surface area contributed by atoms with Crippen LogP contribution < -0.4 is 9.64 Å². The zero-order chi connectivity index (χ0) is 24.5. The van der Waals surface area contributed by atoms with Crippen molar-refractivity contribution in [2.45, 2.75) is 26.5 Å². The van der Waals surface area contributed by atoms with Gasteiger partial charge in [-0.25, -0.2) is 9.97 Å². The van der Waals surface area contributed by atoms with Crippen LogP contribution in [0.2, 0.25) is 0 Å². The lowest BCUT2D eigenvalue weighted by Gasteiger charge is -2.34. The Hall–Kier alpha value is -3.89. The molecule has 0 amide bonds. The quantitative estimate of drug-likeness (QED) is 0.421. The van der Waals surface area contributed by atoms with Gasteiger partial charge in [0.1, 0.15) is 23.6 Å². The fourth-order valence-corrected chi connectivity index (χ4v) is 4.32. The van der Waals surface area contributed by atoms with Crippen LogP contribution in [0.25, 0.3) is 28.2 Å². The molecule has 10 heteroatoms. The fraction of sp³-hybridized carbons (Fsp3) is 0.320. The molecule has 1 aliphatic rings. The molecule has 0 bridgehead atoms. The number of imidazole rings is 1. The zero-order valence-corrected chi connectivity index (χ0v) is 19.8. The number of morpholine rings is 1. The molecule has 1 aliphatic heterocycles. The maximum absolute atomic E-state index is 11.7. The van der Waals surface area contributed by atoms with Crippen molar-refractivity contribution in [1.82, 2.24) is 24.5 Å². The van der Waals surface area contributed by atoms with Crippen molar-refractivity contribution in [1.29, 1.82) is 0 Å². The monoisotopic (exact) mass is 474 g/mol. The molecule has 1 fully saturated rings. The maximum Gasteiger partial charge on any atom is 0.239 e. The number of aromatic nitrogens is 5. The molecule has 1 atom stereocenters. The summed E-state index contributed by atoms with van der Waals surface area (Å²) in [6.07, 6.45) is 2.30. The van der Waals surface area contributed by atoms with E-state index in [0.717, 1.165) is 23.1 Å². The van der Waals surface area contributed by atoms with Crippen LogP contribution in [0.3, 0.4) is 0 Å². The third-order valence-corrected chi connectivity index (χ3v) is 6.24. The normalized spacial score (nSPS) is 16.0. The van der Waals surface area contributed by atoms with Gasteiger partial charge in [-0.05, 0) is 44.2 Å². The van der Waals surface area contributed by atoms with Gasteiger partial charge in [-0.2, -0.15) is 9.97 Å². The number of aryl methyl sites for hydroxylation is 1. The van der Waals surface area contributed by atoms with Gasteiger partial charge in [0.2, 0.25) is 5.95 Å². The lowest BCUT2D eigenvalue weighted by Crippen LogP contribution is -2.44. The molecule has 1 N–H and O–H groups in total. The van der Waals surface area contributed by atoms with Crippen molar-refractivity contribution >= 4 is 23.1 Å². The highest BCUT2D eigenvalue weighted by atomic mass is 16.5. The number of pyridine rings is 1. The SMILES string of the molecule is COc1ccc(-c2ccc3c(N4CCOC[C@@H]4C)nc(-n4cnc(C)c4C=O)nc3n2)cc1CO. The van der Waals surface area contributed by atoms with Gasteiger partial charge in [0.15, 0.2) is 11.9 Å². The van der Waals surface area contributed by atoms with E-state index in [2.05, 4.69) is 16.8 Å². The van der Waals surface area contributed by atoms with Gasteiger partial charge in [0, 0.05) is 17.7 Å². The summed E-state index contributed by atoms with van der Waals surface area (Å²) in [5.41, 5.74) is 3.67. The van der Waals surface area contributed by atoms with Crippen LogP contribution in [-0.4, -0.2) is 68.8 Å². The van der Waals surface area contributed by atoms with Crippen LogP contribution in [0.1, 0.15) is 28.7 Å². The molecule has 3 aromatic heterocycles. The second kappa shape index (κ2) is 9.40. The number of methoxy groups -OCH3 is 1. The maximum atomic E-state index is 11.7. The number of hydrogen-bond donors (Lipinski definition) is 1. The molecule has 1 saturated heterocycles. The molecule has 35 heavy (non-hydrogen) atoms. The molecule has 10 nitrogen and oxygen atoms in total. The van der Waals surface area contributed by atoms with Crippen LogP contribution >= 0.6 is 0 Å². The molecule has 4 heterocycles. The Kier molecular flexibility index (Phi) is 6.14. The minimum atomic E-state index is -0.148. The zero-order valence-electron chi connectivity index (χ0n) is 19.8. The largest absolute Gasteiger partial charge is 0.496 e. The molecule has 0 saturated carbocycles.